The Hall–Kier alpha value is -0.700. The van der Waals surface area contributed by atoms with Gasteiger partial charge < -0.3 is 0 Å². The first-order chi connectivity index (χ1) is 8.65. The molecule has 18 heavy (non-hydrogen) atoms. The molecule has 0 aliphatic heterocycles. The van der Waals surface area contributed by atoms with Gasteiger partial charge in [0.2, 0.25) is 0 Å². The highest BCUT2D eigenvalue weighted by Gasteiger charge is 2.16. The Bertz CT molecular complexity index is 425. The van der Waals surface area contributed by atoms with Crippen LogP contribution in [0.3, 0.4) is 0 Å². The maximum absolute atomic E-state index is 13.6. The topological polar surface area (TPSA) is 17.1 Å². The average molecular weight is 313 g/mol. The molecule has 1 aromatic carbocycles. The van der Waals surface area contributed by atoms with Crippen LogP contribution in [0.25, 0.3) is 0 Å². The van der Waals surface area contributed by atoms with Crippen molar-refractivity contribution < 1.29 is 9.18 Å². The van der Waals surface area contributed by atoms with Crippen molar-refractivity contribution in [2.45, 2.75) is 44.9 Å². The molecule has 98 valence electrons. The Labute approximate surface area is 116 Å². The van der Waals surface area contributed by atoms with E-state index in [-0.39, 0.29) is 18.0 Å². The van der Waals surface area contributed by atoms with Crippen LogP contribution in [0.1, 0.15) is 44.1 Å². The summed E-state index contributed by atoms with van der Waals surface area (Å²) in [5.74, 6) is 0.588. The second-order valence-corrected chi connectivity index (χ2v) is 6.06. The fraction of sp³-hybridized carbons (Fsp3) is 0.533. The number of Topliss-reactive ketones (excluding diaryl/α,β-unsaturated/α-hetero) is 1. The van der Waals surface area contributed by atoms with Gasteiger partial charge in [0.25, 0.3) is 0 Å². The summed E-state index contributed by atoms with van der Waals surface area (Å²) in [5.41, 5.74) is 0.509. The molecule has 0 amide bonds. The number of carbonyl (C=O) groups is 1. The van der Waals surface area contributed by atoms with Gasteiger partial charge in [-0.05, 0) is 30.0 Å². The molecule has 2 rings (SSSR count). The second kappa shape index (κ2) is 6.46. The molecule has 0 N–H and O–H groups in total. The van der Waals surface area contributed by atoms with E-state index >= 15 is 0 Å². The van der Waals surface area contributed by atoms with Gasteiger partial charge in [-0.15, -0.1) is 0 Å². The Kier molecular flexibility index (Phi) is 4.93. The van der Waals surface area contributed by atoms with Crippen LogP contribution in [0.2, 0.25) is 0 Å². The third kappa shape index (κ3) is 3.91. The predicted octanol–water partition coefficient (Wildman–Crippen LogP) is 4.67. The zero-order valence-electron chi connectivity index (χ0n) is 10.4. The third-order valence-electron chi connectivity index (χ3n) is 3.71. The molecule has 3 heteroatoms. The van der Waals surface area contributed by atoms with Gasteiger partial charge in [0.1, 0.15) is 11.6 Å². The number of ketones is 1. The van der Waals surface area contributed by atoms with Crippen molar-refractivity contribution in [2.75, 3.05) is 0 Å². The van der Waals surface area contributed by atoms with Crippen LogP contribution in [-0.4, -0.2) is 5.78 Å². The van der Waals surface area contributed by atoms with E-state index in [0.29, 0.717) is 16.5 Å². The zero-order chi connectivity index (χ0) is 13.0. The van der Waals surface area contributed by atoms with Crippen LogP contribution >= 0.6 is 15.9 Å². The van der Waals surface area contributed by atoms with Gasteiger partial charge in [-0.1, -0.05) is 47.7 Å². The van der Waals surface area contributed by atoms with Gasteiger partial charge in [0, 0.05) is 17.3 Å². The fourth-order valence-corrected chi connectivity index (χ4v) is 2.96. The third-order valence-corrected chi connectivity index (χ3v) is 4.20. The van der Waals surface area contributed by atoms with Gasteiger partial charge in [-0.2, -0.15) is 0 Å². The fourth-order valence-electron chi connectivity index (χ4n) is 2.63. The van der Waals surface area contributed by atoms with Crippen LogP contribution in [0, 0.1) is 11.7 Å². The first-order valence-electron chi connectivity index (χ1n) is 6.61. The minimum Gasteiger partial charge on any atom is -0.299 e. The number of benzene rings is 1. The summed E-state index contributed by atoms with van der Waals surface area (Å²) in [6.07, 6.45) is 6.95. The number of carbonyl (C=O) groups excluding carboxylic acids is 1. The monoisotopic (exact) mass is 312 g/mol. The van der Waals surface area contributed by atoms with E-state index in [4.69, 9.17) is 0 Å². The summed E-state index contributed by atoms with van der Waals surface area (Å²) >= 11 is 3.21. The second-order valence-electron chi connectivity index (χ2n) is 5.14. The summed E-state index contributed by atoms with van der Waals surface area (Å²) in [5, 5.41) is 0. The zero-order valence-corrected chi connectivity index (χ0v) is 12.0. The normalized spacial score (nSPS) is 16.1. The molecule has 1 aliphatic carbocycles. The molecule has 0 aromatic heterocycles. The van der Waals surface area contributed by atoms with Crippen molar-refractivity contribution in [3.63, 3.8) is 0 Å². The lowest BCUT2D eigenvalue weighted by molar-refractivity contribution is -0.118. The van der Waals surface area contributed by atoms with Crippen LogP contribution in [0.4, 0.5) is 4.39 Å². The maximum atomic E-state index is 13.6. The maximum Gasteiger partial charge on any atom is 0.137 e. The van der Waals surface area contributed by atoms with E-state index in [1.807, 2.05) is 0 Å². The van der Waals surface area contributed by atoms with Crippen LogP contribution < -0.4 is 0 Å². The summed E-state index contributed by atoms with van der Waals surface area (Å²) in [6, 6.07) is 4.88. The van der Waals surface area contributed by atoms with Gasteiger partial charge in [-0.3, -0.25) is 4.79 Å². The molecule has 0 bridgehead atoms. The van der Waals surface area contributed by atoms with Gasteiger partial charge in [0.05, 0.1) is 0 Å². The molecule has 1 fully saturated rings. The Morgan fingerprint density at radius 1 is 1.33 bits per heavy atom. The first kappa shape index (κ1) is 13.7. The average Bonchev–Trinajstić information content (AvgIpc) is 2.83. The quantitative estimate of drug-likeness (QED) is 0.772. The van der Waals surface area contributed by atoms with E-state index in [1.54, 1.807) is 12.1 Å². The molecule has 1 aliphatic rings. The van der Waals surface area contributed by atoms with Gasteiger partial charge >= 0.3 is 0 Å². The van der Waals surface area contributed by atoms with Crippen molar-refractivity contribution in [2.24, 2.45) is 5.92 Å². The van der Waals surface area contributed by atoms with Crippen molar-refractivity contribution >= 4 is 21.7 Å². The summed E-state index contributed by atoms with van der Waals surface area (Å²) in [4.78, 5) is 11.8. The van der Waals surface area contributed by atoms with E-state index in [2.05, 4.69) is 15.9 Å². The molecule has 1 aromatic rings. The van der Waals surface area contributed by atoms with Crippen molar-refractivity contribution in [3.8, 4) is 0 Å². The molecule has 0 saturated heterocycles. The standard InChI is InChI=1S/C15H18BrFO/c16-13-7-6-12(15(17)10-13)9-14(18)8-5-11-3-1-2-4-11/h6-7,10-11H,1-5,8-9H2. The number of halogens is 2. The van der Waals surface area contributed by atoms with Gasteiger partial charge in [0.15, 0.2) is 0 Å². The minimum absolute atomic E-state index is 0.156. The highest BCUT2D eigenvalue weighted by atomic mass is 79.9. The molecule has 0 unspecified atom stereocenters. The highest BCUT2D eigenvalue weighted by molar-refractivity contribution is 9.10. The lowest BCUT2D eigenvalue weighted by Gasteiger charge is -2.08. The molecule has 0 radical (unpaired) electrons. The summed E-state index contributed by atoms with van der Waals surface area (Å²) < 4.78 is 14.3. The first-order valence-corrected chi connectivity index (χ1v) is 7.40. The van der Waals surface area contributed by atoms with Crippen molar-refractivity contribution in [1.29, 1.82) is 0 Å². The van der Waals surface area contributed by atoms with E-state index in [9.17, 15) is 9.18 Å². The molecule has 1 saturated carbocycles. The molecule has 0 heterocycles. The Morgan fingerprint density at radius 2 is 2.06 bits per heavy atom. The largest absolute Gasteiger partial charge is 0.299 e. The molecule has 0 atom stereocenters. The smallest absolute Gasteiger partial charge is 0.137 e. The Morgan fingerprint density at radius 3 is 2.72 bits per heavy atom. The summed E-state index contributed by atoms with van der Waals surface area (Å²) in [7, 11) is 0. The van der Waals surface area contributed by atoms with E-state index in [1.165, 1.54) is 31.7 Å². The minimum atomic E-state index is -0.293. The van der Waals surface area contributed by atoms with Crippen LogP contribution in [-0.2, 0) is 11.2 Å². The number of rotatable bonds is 5. The SMILES string of the molecule is O=C(CCC1CCCC1)Cc1ccc(Br)cc1F. The lowest BCUT2D eigenvalue weighted by atomic mass is 9.97. The van der Waals surface area contributed by atoms with E-state index in [0.717, 1.165) is 12.3 Å². The molecule has 0 spiro atoms. The van der Waals surface area contributed by atoms with Crippen LogP contribution in [0.5, 0.6) is 0 Å². The predicted molar refractivity (Wildman–Crippen MR) is 74.0 cm³/mol. The molecule has 1 nitrogen and oxygen atoms in total. The van der Waals surface area contributed by atoms with Crippen molar-refractivity contribution in [1.82, 2.24) is 0 Å². The highest BCUT2D eigenvalue weighted by Crippen LogP contribution is 2.28. The molecular formula is C15H18BrFO. The van der Waals surface area contributed by atoms with Gasteiger partial charge in [-0.25, -0.2) is 4.39 Å². The Balaban J connectivity index is 1.82. The van der Waals surface area contributed by atoms with E-state index < -0.39 is 0 Å². The number of hydrogen-bond acceptors (Lipinski definition) is 1. The lowest BCUT2D eigenvalue weighted by Crippen LogP contribution is -2.06. The number of hydrogen-bond donors (Lipinski definition) is 0. The summed E-state index contributed by atoms with van der Waals surface area (Å²) in [6.45, 7) is 0. The van der Waals surface area contributed by atoms with Crippen molar-refractivity contribution in [3.05, 3.63) is 34.1 Å². The van der Waals surface area contributed by atoms with Crippen LogP contribution in [0.15, 0.2) is 22.7 Å². The molecular weight excluding hydrogens is 295 g/mol.